The molecule has 23 heavy (non-hydrogen) atoms. The quantitative estimate of drug-likeness (QED) is 0.772. The van der Waals surface area contributed by atoms with E-state index in [0.717, 1.165) is 26.7 Å². The van der Waals surface area contributed by atoms with Gasteiger partial charge >= 0.3 is 0 Å². The summed E-state index contributed by atoms with van der Waals surface area (Å²) in [6, 6.07) is 16.0. The molecule has 4 rings (SSSR count). The fraction of sp³-hybridized carbons (Fsp3) is 0.111. The van der Waals surface area contributed by atoms with Crippen molar-refractivity contribution in [3.8, 4) is 27.4 Å². The van der Waals surface area contributed by atoms with Gasteiger partial charge < -0.3 is 10.1 Å². The molecule has 0 fully saturated rings. The second kappa shape index (κ2) is 5.52. The van der Waals surface area contributed by atoms with Crippen LogP contribution in [0.15, 0.2) is 48.5 Å². The number of hydrogen-bond donors (Lipinski definition) is 1. The fourth-order valence-corrected chi connectivity index (χ4v) is 3.58. The number of anilines is 1. The Labute approximate surface area is 137 Å². The van der Waals surface area contributed by atoms with Gasteiger partial charge in [-0.2, -0.15) is 0 Å². The Morgan fingerprint density at radius 1 is 1.13 bits per heavy atom. The van der Waals surface area contributed by atoms with Gasteiger partial charge in [0.2, 0.25) is 0 Å². The summed E-state index contributed by atoms with van der Waals surface area (Å²) in [6.45, 7) is 2.07. The van der Waals surface area contributed by atoms with Crippen molar-refractivity contribution >= 4 is 22.9 Å². The number of amides is 1. The van der Waals surface area contributed by atoms with Crippen molar-refractivity contribution in [2.24, 2.45) is 0 Å². The fourth-order valence-electron chi connectivity index (χ4n) is 2.64. The minimum Gasteiger partial charge on any atom is -0.482 e. The number of carbonyl (C=O) groups is 1. The van der Waals surface area contributed by atoms with Crippen molar-refractivity contribution in [2.75, 3.05) is 11.9 Å². The first-order chi connectivity index (χ1) is 11.2. The van der Waals surface area contributed by atoms with E-state index in [1.54, 1.807) is 11.3 Å². The number of nitrogens with zero attached hydrogens (tertiary/aromatic N) is 1. The Balaban J connectivity index is 1.83. The molecule has 1 aliphatic rings. The van der Waals surface area contributed by atoms with Gasteiger partial charge in [0.25, 0.3) is 5.91 Å². The zero-order valence-corrected chi connectivity index (χ0v) is 13.3. The van der Waals surface area contributed by atoms with E-state index in [1.807, 2.05) is 43.3 Å². The standard InChI is InChI=1S/C18H14N2O2S/c1-11-19-17(18(23-11)12-5-3-2-4-6-12)13-7-8-15-14(9-13)20-16(21)10-22-15/h2-9H,10H2,1H3,(H,20,21). The summed E-state index contributed by atoms with van der Waals surface area (Å²) in [7, 11) is 0. The van der Waals surface area contributed by atoms with Crippen LogP contribution in [0.1, 0.15) is 5.01 Å². The highest BCUT2D eigenvalue weighted by atomic mass is 32.1. The molecule has 0 spiro atoms. The summed E-state index contributed by atoms with van der Waals surface area (Å²) in [5.41, 5.74) is 3.74. The summed E-state index contributed by atoms with van der Waals surface area (Å²) >= 11 is 1.67. The molecule has 0 atom stereocenters. The Hall–Kier alpha value is -2.66. The molecule has 5 heteroatoms. The summed E-state index contributed by atoms with van der Waals surface area (Å²) < 4.78 is 5.42. The molecule has 114 valence electrons. The Kier molecular flexibility index (Phi) is 3.35. The lowest BCUT2D eigenvalue weighted by molar-refractivity contribution is -0.118. The van der Waals surface area contributed by atoms with Crippen LogP contribution in [-0.4, -0.2) is 17.5 Å². The maximum Gasteiger partial charge on any atom is 0.262 e. The molecular weight excluding hydrogens is 308 g/mol. The summed E-state index contributed by atoms with van der Waals surface area (Å²) in [5, 5.41) is 3.86. The number of thiazole rings is 1. The van der Waals surface area contributed by atoms with Crippen molar-refractivity contribution in [3.63, 3.8) is 0 Å². The molecule has 3 aromatic rings. The van der Waals surface area contributed by atoms with Crippen LogP contribution >= 0.6 is 11.3 Å². The topological polar surface area (TPSA) is 51.2 Å². The molecule has 1 aliphatic heterocycles. The van der Waals surface area contributed by atoms with E-state index in [9.17, 15) is 4.79 Å². The second-order valence-corrected chi connectivity index (χ2v) is 6.53. The largest absolute Gasteiger partial charge is 0.482 e. The van der Waals surface area contributed by atoms with Crippen molar-refractivity contribution in [3.05, 3.63) is 53.5 Å². The van der Waals surface area contributed by atoms with Crippen LogP contribution in [0.4, 0.5) is 5.69 Å². The maximum absolute atomic E-state index is 11.5. The maximum atomic E-state index is 11.5. The van der Waals surface area contributed by atoms with Crippen LogP contribution in [0.3, 0.4) is 0 Å². The molecule has 1 aromatic heterocycles. The van der Waals surface area contributed by atoms with Gasteiger partial charge in [0, 0.05) is 5.56 Å². The molecule has 0 bridgehead atoms. The smallest absolute Gasteiger partial charge is 0.262 e. The number of carbonyl (C=O) groups excluding carboxylic acids is 1. The number of aryl methyl sites for hydroxylation is 1. The summed E-state index contributed by atoms with van der Waals surface area (Å²) in [5.74, 6) is 0.564. The number of aromatic nitrogens is 1. The second-order valence-electron chi connectivity index (χ2n) is 5.32. The lowest BCUT2D eigenvalue weighted by Gasteiger charge is -2.18. The van der Waals surface area contributed by atoms with Gasteiger partial charge in [0.05, 0.1) is 21.3 Å². The van der Waals surface area contributed by atoms with Crippen molar-refractivity contribution < 1.29 is 9.53 Å². The zero-order chi connectivity index (χ0) is 15.8. The Morgan fingerprint density at radius 2 is 1.96 bits per heavy atom. The Morgan fingerprint density at radius 3 is 2.78 bits per heavy atom. The highest BCUT2D eigenvalue weighted by Crippen LogP contribution is 2.39. The third-order valence-corrected chi connectivity index (χ3v) is 4.68. The predicted octanol–water partition coefficient (Wildman–Crippen LogP) is 4.12. The third kappa shape index (κ3) is 2.59. The number of nitrogens with one attached hydrogen (secondary N) is 1. The molecule has 2 heterocycles. The molecule has 1 amide bonds. The van der Waals surface area contributed by atoms with E-state index < -0.39 is 0 Å². The van der Waals surface area contributed by atoms with Crippen LogP contribution in [0, 0.1) is 6.92 Å². The van der Waals surface area contributed by atoms with E-state index in [2.05, 4.69) is 17.4 Å². The summed E-state index contributed by atoms with van der Waals surface area (Å²) in [4.78, 5) is 17.3. The number of rotatable bonds is 2. The highest BCUT2D eigenvalue weighted by molar-refractivity contribution is 7.15. The lowest BCUT2D eigenvalue weighted by atomic mass is 10.1. The van der Waals surface area contributed by atoms with Crippen LogP contribution in [-0.2, 0) is 4.79 Å². The minimum absolute atomic E-state index is 0.0669. The molecular formula is C18H14N2O2S. The highest BCUT2D eigenvalue weighted by Gasteiger charge is 2.19. The predicted molar refractivity (Wildman–Crippen MR) is 91.8 cm³/mol. The molecule has 0 saturated heterocycles. The van der Waals surface area contributed by atoms with Crippen molar-refractivity contribution in [1.82, 2.24) is 4.98 Å². The van der Waals surface area contributed by atoms with E-state index >= 15 is 0 Å². The van der Waals surface area contributed by atoms with E-state index in [0.29, 0.717) is 11.4 Å². The number of benzene rings is 2. The van der Waals surface area contributed by atoms with Crippen molar-refractivity contribution in [1.29, 1.82) is 0 Å². The molecule has 2 aromatic carbocycles. The lowest BCUT2D eigenvalue weighted by Crippen LogP contribution is -2.25. The first kappa shape index (κ1) is 14.0. The van der Waals surface area contributed by atoms with Crippen LogP contribution in [0.2, 0.25) is 0 Å². The molecule has 0 saturated carbocycles. The Bertz CT molecular complexity index is 887. The first-order valence-corrected chi connectivity index (χ1v) is 8.12. The normalized spacial score (nSPS) is 13.2. The van der Waals surface area contributed by atoms with Crippen LogP contribution < -0.4 is 10.1 Å². The van der Waals surface area contributed by atoms with Gasteiger partial charge in [-0.1, -0.05) is 30.3 Å². The summed E-state index contributed by atoms with van der Waals surface area (Å²) in [6.07, 6.45) is 0. The van der Waals surface area contributed by atoms with Gasteiger partial charge in [-0.15, -0.1) is 11.3 Å². The van der Waals surface area contributed by atoms with Gasteiger partial charge in [-0.3, -0.25) is 4.79 Å². The number of hydrogen-bond acceptors (Lipinski definition) is 4. The monoisotopic (exact) mass is 322 g/mol. The molecule has 1 N–H and O–H groups in total. The van der Waals surface area contributed by atoms with Gasteiger partial charge in [0.15, 0.2) is 6.61 Å². The first-order valence-electron chi connectivity index (χ1n) is 7.30. The van der Waals surface area contributed by atoms with Crippen molar-refractivity contribution in [2.45, 2.75) is 6.92 Å². The third-order valence-electron chi connectivity index (χ3n) is 3.66. The van der Waals surface area contributed by atoms with E-state index in [4.69, 9.17) is 9.72 Å². The molecule has 4 nitrogen and oxygen atoms in total. The van der Waals surface area contributed by atoms with Crippen LogP contribution in [0.5, 0.6) is 5.75 Å². The van der Waals surface area contributed by atoms with E-state index in [-0.39, 0.29) is 12.5 Å². The van der Waals surface area contributed by atoms with Gasteiger partial charge in [-0.05, 0) is 30.7 Å². The number of fused-ring (bicyclic) bond motifs is 1. The number of ether oxygens (including phenoxy) is 1. The van der Waals surface area contributed by atoms with Gasteiger partial charge in [-0.25, -0.2) is 4.98 Å². The molecule has 0 radical (unpaired) electrons. The molecule has 0 unspecified atom stereocenters. The minimum atomic E-state index is -0.132. The van der Waals surface area contributed by atoms with E-state index in [1.165, 1.54) is 0 Å². The zero-order valence-electron chi connectivity index (χ0n) is 12.5. The molecule has 0 aliphatic carbocycles. The van der Waals surface area contributed by atoms with Crippen LogP contribution in [0.25, 0.3) is 21.7 Å². The van der Waals surface area contributed by atoms with Gasteiger partial charge in [0.1, 0.15) is 5.75 Å². The average molecular weight is 322 g/mol. The average Bonchev–Trinajstić information content (AvgIpc) is 2.97. The SMILES string of the molecule is Cc1nc(-c2ccc3c(c2)NC(=O)CO3)c(-c2ccccc2)s1.